The molecule has 2 unspecified atom stereocenters. The number of hydrogen-bond donors (Lipinski definition) is 3. The van der Waals surface area contributed by atoms with Gasteiger partial charge in [-0.3, -0.25) is 9.79 Å². The van der Waals surface area contributed by atoms with Crippen LogP contribution in [0, 0.1) is 17.1 Å². The molecule has 1 amide bonds. The number of fused-ring (bicyclic) bond motifs is 1. The first kappa shape index (κ1) is 20.6. The molecule has 2 aromatic rings. The lowest BCUT2D eigenvalue weighted by atomic mass is 9.76. The highest BCUT2D eigenvalue weighted by Crippen LogP contribution is 2.43. The maximum Gasteiger partial charge on any atom is 0.231 e. The molecule has 0 spiro atoms. The number of benzene rings is 2. The molecule has 0 bridgehead atoms. The lowest BCUT2D eigenvalue weighted by molar-refractivity contribution is -0.127. The van der Waals surface area contributed by atoms with Crippen LogP contribution in [0.2, 0.25) is 0 Å². The number of nitrogens with zero attached hydrogens (tertiary/aromatic N) is 2. The van der Waals surface area contributed by atoms with Crippen LogP contribution in [0.5, 0.6) is 0 Å². The molecule has 6 nitrogen and oxygen atoms in total. The van der Waals surface area contributed by atoms with Crippen molar-refractivity contribution in [3.63, 3.8) is 0 Å². The molecule has 0 aliphatic heterocycles. The lowest BCUT2D eigenvalue weighted by Crippen LogP contribution is -2.47. The van der Waals surface area contributed by atoms with E-state index in [1.807, 2.05) is 18.2 Å². The van der Waals surface area contributed by atoms with Gasteiger partial charge in [0.15, 0.2) is 0 Å². The van der Waals surface area contributed by atoms with Gasteiger partial charge >= 0.3 is 0 Å². The highest BCUT2D eigenvalue weighted by atomic mass is 19.1. The van der Waals surface area contributed by atoms with Crippen LogP contribution >= 0.6 is 0 Å². The Bertz CT molecular complexity index is 952. The van der Waals surface area contributed by atoms with E-state index in [-0.39, 0.29) is 18.7 Å². The highest BCUT2D eigenvalue weighted by molar-refractivity contribution is 5.90. The van der Waals surface area contributed by atoms with Gasteiger partial charge in [0.25, 0.3) is 0 Å². The fraction of sp³-hybridized carbons (Fsp3) is 0.318. The van der Waals surface area contributed by atoms with Crippen LogP contribution in [0.1, 0.15) is 23.1 Å². The molecule has 0 aromatic heterocycles. The quantitative estimate of drug-likeness (QED) is 0.469. The van der Waals surface area contributed by atoms with Crippen molar-refractivity contribution < 1.29 is 14.3 Å². The third-order valence-corrected chi connectivity index (χ3v) is 5.33. The van der Waals surface area contributed by atoms with Gasteiger partial charge in [0, 0.05) is 19.2 Å². The molecule has 2 atom stereocenters. The molecule has 1 aliphatic rings. The van der Waals surface area contributed by atoms with Gasteiger partial charge in [0.05, 0.1) is 24.3 Å². The number of primary amides is 1. The van der Waals surface area contributed by atoms with Gasteiger partial charge in [-0.05, 0) is 53.9 Å². The van der Waals surface area contributed by atoms with Crippen LogP contribution in [0.25, 0.3) is 0 Å². The second-order valence-electron chi connectivity index (χ2n) is 7.12. The van der Waals surface area contributed by atoms with Gasteiger partial charge in [-0.15, -0.1) is 0 Å². The number of rotatable bonds is 8. The standard InChI is InChI=1S/C22H23FN4O2/c23-17-4-1-15(2-5-17)7-10-26-11-12-27-18-6-3-16-13-20(28)22(8-9-24,21(25)29)19(16)14-18/h1-6,12,14,20,26,28H,7-8,10-11,13H2,(H2,25,29). The molecule has 4 N–H and O–H groups in total. The number of nitriles is 1. The van der Waals surface area contributed by atoms with E-state index in [9.17, 15) is 14.3 Å². The number of aliphatic hydroxyl groups excluding tert-OH is 1. The molecular formula is C22H23FN4O2. The summed E-state index contributed by atoms with van der Waals surface area (Å²) in [6, 6.07) is 13.7. The summed E-state index contributed by atoms with van der Waals surface area (Å²) in [4.78, 5) is 16.5. The molecule has 1 aliphatic carbocycles. The molecule has 0 saturated carbocycles. The van der Waals surface area contributed by atoms with Crippen molar-refractivity contribution in [2.24, 2.45) is 10.7 Å². The Morgan fingerprint density at radius 1 is 1.38 bits per heavy atom. The van der Waals surface area contributed by atoms with Crippen LogP contribution < -0.4 is 11.1 Å². The summed E-state index contributed by atoms with van der Waals surface area (Å²) >= 11 is 0. The monoisotopic (exact) mass is 394 g/mol. The van der Waals surface area contributed by atoms with Gasteiger partial charge in [-0.1, -0.05) is 18.2 Å². The van der Waals surface area contributed by atoms with Crippen molar-refractivity contribution in [3.8, 4) is 6.07 Å². The molecule has 3 rings (SSSR count). The Kier molecular flexibility index (Phi) is 6.37. The Morgan fingerprint density at radius 3 is 2.83 bits per heavy atom. The summed E-state index contributed by atoms with van der Waals surface area (Å²) in [5, 5.41) is 22.8. The zero-order chi connectivity index (χ0) is 20.9. The number of nitrogens with one attached hydrogen (secondary N) is 1. The molecule has 150 valence electrons. The van der Waals surface area contributed by atoms with Gasteiger partial charge in [-0.2, -0.15) is 5.26 Å². The van der Waals surface area contributed by atoms with E-state index in [4.69, 9.17) is 11.0 Å². The normalized spacial score (nSPS) is 20.5. The Balaban J connectivity index is 1.61. The van der Waals surface area contributed by atoms with Gasteiger partial charge in [-0.25, -0.2) is 4.39 Å². The molecule has 0 fully saturated rings. The van der Waals surface area contributed by atoms with E-state index in [1.165, 1.54) is 12.1 Å². The van der Waals surface area contributed by atoms with Crippen LogP contribution in [-0.2, 0) is 23.1 Å². The summed E-state index contributed by atoms with van der Waals surface area (Å²) in [6.07, 6.45) is 1.60. The minimum Gasteiger partial charge on any atom is -0.391 e. The first-order valence-electron chi connectivity index (χ1n) is 9.43. The predicted octanol–water partition coefficient (Wildman–Crippen LogP) is 1.91. The third kappa shape index (κ3) is 4.34. The van der Waals surface area contributed by atoms with E-state index in [0.29, 0.717) is 17.8 Å². The number of aliphatic imine (C=N–C) groups is 1. The minimum absolute atomic E-state index is 0.172. The summed E-state index contributed by atoms with van der Waals surface area (Å²) in [7, 11) is 0. The average molecular weight is 394 g/mol. The smallest absolute Gasteiger partial charge is 0.231 e. The second kappa shape index (κ2) is 8.95. The Morgan fingerprint density at radius 2 is 2.14 bits per heavy atom. The Hall–Kier alpha value is -3.08. The number of hydrogen-bond acceptors (Lipinski definition) is 5. The third-order valence-electron chi connectivity index (χ3n) is 5.33. The van der Waals surface area contributed by atoms with Crippen LogP contribution in [-0.4, -0.2) is 36.4 Å². The molecule has 0 radical (unpaired) electrons. The largest absolute Gasteiger partial charge is 0.391 e. The zero-order valence-electron chi connectivity index (χ0n) is 15.9. The van der Waals surface area contributed by atoms with E-state index in [0.717, 1.165) is 24.1 Å². The Labute approximate surface area is 168 Å². The van der Waals surface area contributed by atoms with Crippen molar-refractivity contribution in [1.29, 1.82) is 5.26 Å². The maximum absolute atomic E-state index is 12.9. The molecule has 7 heteroatoms. The summed E-state index contributed by atoms with van der Waals surface area (Å²) in [5.41, 5.74) is 7.25. The number of carbonyl (C=O) groups excluding carboxylic acids is 1. The average Bonchev–Trinajstić information content (AvgIpc) is 2.98. The molecular weight excluding hydrogens is 371 g/mol. The SMILES string of the molecule is N#CCC1(C(N)=O)c2cc(N=CCNCCc3ccc(F)cc3)ccc2CC1O. The molecule has 0 heterocycles. The number of carbonyl (C=O) groups is 1. The van der Waals surface area contributed by atoms with E-state index < -0.39 is 17.4 Å². The highest BCUT2D eigenvalue weighted by Gasteiger charge is 2.51. The van der Waals surface area contributed by atoms with Crippen molar-refractivity contribution in [1.82, 2.24) is 5.32 Å². The number of aliphatic hydroxyl groups is 1. The summed E-state index contributed by atoms with van der Waals surface area (Å²) in [6.45, 7) is 1.26. The maximum atomic E-state index is 12.9. The van der Waals surface area contributed by atoms with E-state index >= 15 is 0 Å². The van der Waals surface area contributed by atoms with Crippen molar-refractivity contribution >= 4 is 17.8 Å². The first-order valence-corrected chi connectivity index (χ1v) is 9.43. The second-order valence-corrected chi connectivity index (χ2v) is 7.12. The van der Waals surface area contributed by atoms with Crippen molar-refractivity contribution in [2.45, 2.75) is 30.8 Å². The van der Waals surface area contributed by atoms with Crippen molar-refractivity contribution in [2.75, 3.05) is 13.1 Å². The molecule has 0 saturated heterocycles. The lowest BCUT2D eigenvalue weighted by Gasteiger charge is -2.27. The minimum atomic E-state index is -1.39. The van der Waals surface area contributed by atoms with Gasteiger partial charge in [0.1, 0.15) is 11.2 Å². The van der Waals surface area contributed by atoms with Gasteiger partial charge < -0.3 is 16.2 Å². The zero-order valence-corrected chi connectivity index (χ0v) is 15.9. The van der Waals surface area contributed by atoms with E-state index in [1.54, 1.807) is 24.4 Å². The van der Waals surface area contributed by atoms with Gasteiger partial charge in [0.2, 0.25) is 5.91 Å². The predicted molar refractivity (Wildman–Crippen MR) is 108 cm³/mol. The molecule has 29 heavy (non-hydrogen) atoms. The topological polar surface area (TPSA) is 112 Å². The number of amides is 1. The van der Waals surface area contributed by atoms with Crippen LogP contribution in [0.15, 0.2) is 47.5 Å². The fourth-order valence-electron chi connectivity index (χ4n) is 3.72. The summed E-state index contributed by atoms with van der Waals surface area (Å²) in [5.74, 6) is -0.945. The summed E-state index contributed by atoms with van der Waals surface area (Å²) < 4.78 is 12.9. The number of nitrogens with two attached hydrogens (primary N) is 1. The first-order chi connectivity index (χ1) is 14.0. The van der Waals surface area contributed by atoms with Crippen LogP contribution in [0.3, 0.4) is 0 Å². The van der Waals surface area contributed by atoms with Crippen LogP contribution in [0.4, 0.5) is 10.1 Å². The molecule has 2 aromatic carbocycles. The van der Waals surface area contributed by atoms with E-state index in [2.05, 4.69) is 10.3 Å². The van der Waals surface area contributed by atoms with Crippen molar-refractivity contribution in [3.05, 3.63) is 65.0 Å². The fourth-order valence-corrected chi connectivity index (χ4v) is 3.72. The number of halogens is 1.